The zero-order chi connectivity index (χ0) is 25.5. The standard InChI is InChI=1S/C25H18BrN5O4S/c26-18-11-13-19(14-12-18)30-24(33)20-8-2-3-9-21(20)28-25(30)36-16-23(32)29-27-15-5-7-17-6-1-4-10-22(17)31(34)35/h1-15H,16H2,(H,29,32). The Morgan fingerprint density at radius 1 is 1.11 bits per heavy atom. The van der Waals surface area contributed by atoms with Crippen molar-refractivity contribution in [3.63, 3.8) is 0 Å². The van der Waals surface area contributed by atoms with E-state index in [0.717, 1.165) is 16.2 Å². The molecule has 1 aromatic heterocycles. The molecule has 11 heteroatoms. The molecule has 0 atom stereocenters. The number of nitro groups is 1. The molecule has 3 aromatic carbocycles. The van der Waals surface area contributed by atoms with Crippen LogP contribution in [0.3, 0.4) is 0 Å². The van der Waals surface area contributed by atoms with Crippen LogP contribution in [0, 0.1) is 10.1 Å². The summed E-state index contributed by atoms with van der Waals surface area (Å²) >= 11 is 4.50. The van der Waals surface area contributed by atoms with Gasteiger partial charge in [0.15, 0.2) is 5.16 Å². The molecule has 0 radical (unpaired) electrons. The quantitative estimate of drug-likeness (QED) is 0.106. The molecule has 36 heavy (non-hydrogen) atoms. The Hall–Kier alpha value is -4.09. The van der Waals surface area contributed by atoms with E-state index in [1.54, 1.807) is 54.6 Å². The van der Waals surface area contributed by atoms with E-state index < -0.39 is 10.8 Å². The highest BCUT2D eigenvalue weighted by Gasteiger charge is 2.15. The topological polar surface area (TPSA) is 119 Å². The molecular weight excluding hydrogens is 546 g/mol. The normalized spacial score (nSPS) is 11.4. The molecule has 1 heterocycles. The zero-order valence-corrected chi connectivity index (χ0v) is 21.0. The van der Waals surface area contributed by atoms with E-state index in [4.69, 9.17) is 0 Å². The van der Waals surface area contributed by atoms with Gasteiger partial charge >= 0.3 is 0 Å². The van der Waals surface area contributed by atoms with Gasteiger partial charge in [-0.25, -0.2) is 10.4 Å². The number of allylic oxidation sites excluding steroid dienone is 1. The number of nitrogens with one attached hydrogen (secondary N) is 1. The van der Waals surface area contributed by atoms with Gasteiger partial charge in [-0.15, -0.1) is 0 Å². The van der Waals surface area contributed by atoms with E-state index in [2.05, 4.69) is 31.4 Å². The summed E-state index contributed by atoms with van der Waals surface area (Å²) in [5, 5.41) is 15.8. The first-order valence-corrected chi connectivity index (χ1v) is 12.3. The number of halogens is 1. The fourth-order valence-corrected chi connectivity index (χ4v) is 4.35. The van der Waals surface area contributed by atoms with E-state index in [-0.39, 0.29) is 17.0 Å². The van der Waals surface area contributed by atoms with Crippen LogP contribution in [0.15, 0.2) is 98.4 Å². The summed E-state index contributed by atoms with van der Waals surface area (Å²) in [5.41, 5.74) is 3.73. The number of carbonyl (C=O) groups excluding carboxylic acids is 1. The minimum absolute atomic E-state index is 0.0257. The van der Waals surface area contributed by atoms with E-state index in [1.165, 1.54) is 29.0 Å². The average Bonchev–Trinajstić information content (AvgIpc) is 2.88. The SMILES string of the molecule is O=C(CSc1nc2ccccc2c(=O)n1-c1ccc(Br)cc1)NN=CC=Cc1ccccc1[N+](=O)[O-]. The molecule has 0 bridgehead atoms. The Morgan fingerprint density at radius 3 is 2.61 bits per heavy atom. The molecule has 180 valence electrons. The number of fused-ring (bicyclic) bond motifs is 1. The maximum absolute atomic E-state index is 13.2. The van der Waals surface area contributed by atoms with Crippen LogP contribution in [0.2, 0.25) is 0 Å². The molecular formula is C25H18BrN5O4S. The van der Waals surface area contributed by atoms with Crippen LogP contribution in [-0.2, 0) is 4.79 Å². The third kappa shape index (κ3) is 5.93. The highest BCUT2D eigenvalue weighted by molar-refractivity contribution is 9.10. The van der Waals surface area contributed by atoms with Crippen molar-refractivity contribution in [3.05, 3.63) is 109 Å². The maximum atomic E-state index is 13.2. The monoisotopic (exact) mass is 563 g/mol. The van der Waals surface area contributed by atoms with Crippen molar-refractivity contribution in [2.24, 2.45) is 5.10 Å². The molecule has 4 aromatic rings. The number of hydrazone groups is 1. The Labute approximate surface area is 217 Å². The number of hydrogen-bond donors (Lipinski definition) is 1. The molecule has 0 saturated carbocycles. The van der Waals surface area contributed by atoms with Crippen molar-refractivity contribution in [2.75, 3.05) is 5.75 Å². The highest BCUT2D eigenvalue weighted by Crippen LogP contribution is 2.22. The van der Waals surface area contributed by atoms with E-state index in [9.17, 15) is 19.7 Å². The number of aromatic nitrogens is 2. The van der Waals surface area contributed by atoms with Crippen LogP contribution in [-0.4, -0.2) is 32.3 Å². The van der Waals surface area contributed by atoms with Gasteiger partial charge in [0.1, 0.15) is 0 Å². The summed E-state index contributed by atoms with van der Waals surface area (Å²) < 4.78 is 2.35. The molecule has 0 aliphatic carbocycles. The molecule has 0 aliphatic rings. The zero-order valence-electron chi connectivity index (χ0n) is 18.6. The summed E-state index contributed by atoms with van der Waals surface area (Å²) in [6, 6.07) is 20.6. The average molecular weight is 564 g/mol. The number of hydrogen-bond acceptors (Lipinski definition) is 7. The first-order valence-electron chi connectivity index (χ1n) is 10.6. The van der Waals surface area contributed by atoms with Gasteiger partial charge in [0, 0.05) is 16.8 Å². The molecule has 1 N–H and O–H groups in total. The predicted octanol–water partition coefficient (Wildman–Crippen LogP) is 4.96. The van der Waals surface area contributed by atoms with Gasteiger partial charge in [-0.3, -0.25) is 24.3 Å². The summed E-state index contributed by atoms with van der Waals surface area (Å²) in [6.07, 6.45) is 4.34. The van der Waals surface area contributed by atoms with E-state index in [1.807, 2.05) is 12.1 Å². The van der Waals surface area contributed by atoms with Crippen molar-refractivity contribution >= 4 is 62.5 Å². The number of thioether (sulfide) groups is 1. The third-order valence-electron chi connectivity index (χ3n) is 4.92. The van der Waals surface area contributed by atoms with Gasteiger partial charge in [-0.1, -0.05) is 52.0 Å². The number of carbonyl (C=O) groups is 1. The molecule has 9 nitrogen and oxygen atoms in total. The third-order valence-corrected chi connectivity index (χ3v) is 6.39. The van der Waals surface area contributed by atoms with Crippen molar-refractivity contribution < 1.29 is 9.72 Å². The van der Waals surface area contributed by atoms with Crippen LogP contribution in [0.4, 0.5) is 5.69 Å². The lowest BCUT2D eigenvalue weighted by Crippen LogP contribution is -2.24. The molecule has 0 aliphatic heterocycles. The first kappa shape index (κ1) is 25.0. The summed E-state index contributed by atoms with van der Waals surface area (Å²) in [7, 11) is 0. The van der Waals surface area contributed by atoms with Crippen LogP contribution in [0.5, 0.6) is 0 Å². The number of para-hydroxylation sites is 2. The van der Waals surface area contributed by atoms with Crippen molar-refractivity contribution in [2.45, 2.75) is 5.16 Å². The lowest BCUT2D eigenvalue weighted by Gasteiger charge is -2.13. The Balaban J connectivity index is 1.47. The molecule has 1 amide bonds. The highest BCUT2D eigenvalue weighted by atomic mass is 79.9. The maximum Gasteiger partial charge on any atom is 0.276 e. The van der Waals surface area contributed by atoms with Crippen molar-refractivity contribution in [1.29, 1.82) is 0 Å². The number of nitro benzene ring substituents is 1. The minimum atomic E-state index is -0.468. The van der Waals surface area contributed by atoms with Gasteiger partial charge in [0.25, 0.3) is 17.2 Å². The Morgan fingerprint density at radius 2 is 1.83 bits per heavy atom. The molecule has 4 rings (SSSR count). The number of amides is 1. The predicted molar refractivity (Wildman–Crippen MR) is 145 cm³/mol. The van der Waals surface area contributed by atoms with E-state index in [0.29, 0.717) is 27.3 Å². The number of benzene rings is 3. The lowest BCUT2D eigenvalue weighted by molar-refractivity contribution is -0.385. The second-order valence-electron chi connectivity index (χ2n) is 7.31. The number of rotatable bonds is 8. The fraction of sp³-hybridized carbons (Fsp3) is 0.0400. The van der Waals surface area contributed by atoms with Gasteiger partial charge in [-0.2, -0.15) is 5.10 Å². The van der Waals surface area contributed by atoms with Gasteiger partial charge in [0.2, 0.25) is 0 Å². The second kappa shape index (κ2) is 11.6. The largest absolute Gasteiger partial charge is 0.276 e. The fourth-order valence-electron chi connectivity index (χ4n) is 3.28. The van der Waals surface area contributed by atoms with Crippen LogP contribution in [0.1, 0.15) is 5.56 Å². The molecule has 0 spiro atoms. The summed E-state index contributed by atoms with van der Waals surface area (Å²) in [4.78, 5) is 40.8. The second-order valence-corrected chi connectivity index (χ2v) is 9.16. The lowest BCUT2D eigenvalue weighted by atomic mass is 10.2. The molecule has 0 unspecified atom stereocenters. The van der Waals surface area contributed by atoms with Crippen LogP contribution < -0.4 is 11.0 Å². The van der Waals surface area contributed by atoms with Gasteiger partial charge in [-0.05, 0) is 54.6 Å². The van der Waals surface area contributed by atoms with Crippen molar-refractivity contribution in [1.82, 2.24) is 15.0 Å². The summed E-state index contributed by atoms with van der Waals surface area (Å²) in [5.74, 6) is -0.438. The van der Waals surface area contributed by atoms with Gasteiger partial charge in [0.05, 0.1) is 32.8 Å². The smallest absolute Gasteiger partial charge is 0.272 e. The van der Waals surface area contributed by atoms with Crippen LogP contribution >= 0.6 is 27.7 Å². The molecule has 0 saturated heterocycles. The Bertz CT molecular complexity index is 1550. The summed E-state index contributed by atoms with van der Waals surface area (Å²) in [6.45, 7) is 0. The number of nitrogens with zero attached hydrogens (tertiary/aromatic N) is 4. The Kier molecular flexibility index (Phi) is 8.03. The minimum Gasteiger partial charge on any atom is -0.272 e. The molecule has 0 fully saturated rings. The van der Waals surface area contributed by atoms with Crippen molar-refractivity contribution in [3.8, 4) is 5.69 Å². The van der Waals surface area contributed by atoms with Crippen LogP contribution in [0.25, 0.3) is 22.7 Å². The van der Waals surface area contributed by atoms with Gasteiger partial charge < -0.3 is 0 Å². The first-order chi connectivity index (χ1) is 17.4. The van der Waals surface area contributed by atoms with E-state index >= 15 is 0 Å².